The van der Waals surface area contributed by atoms with Crippen LogP contribution in [0.5, 0.6) is 5.75 Å². The number of aliphatic carboxylic acids is 1. The van der Waals surface area contributed by atoms with Crippen LogP contribution in [0, 0.1) is 0 Å². The van der Waals surface area contributed by atoms with E-state index in [0.29, 0.717) is 0 Å². The average Bonchev–Trinajstić information content (AvgIpc) is 2.26. The Bertz CT molecular complexity index is 362. The van der Waals surface area contributed by atoms with Crippen LogP contribution in [0.1, 0.15) is 12.5 Å². The molecule has 0 fully saturated rings. The molecule has 1 atom stereocenters. The van der Waals surface area contributed by atoms with Crippen LogP contribution in [0.25, 0.3) is 0 Å². The van der Waals surface area contributed by atoms with Crippen molar-refractivity contribution in [3.05, 3.63) is 29.8 Å². The minimum Gasteiger partial charge on any atom is -0.548 e. The normalized spacial score (nSPS) is 11.9. The Morgan fingerprint density at radius 3 is 2.44 bits per heavy atom. The van der Waals surface area contributed by atoms with E-state index in [1.54, 1.807) is 31.4 Å². The van der Waals surface area contributed by atoms with Crippen molar-refractivity contribution < 1.29 is 44.2 Å². The van der Waals surface area contributed by atoms with Crippen molar-refractivity contribution in [3.63, 3.8) is 0 Å². The van der Waals surface area contributed by atoms with E-state index in [1.165, 1.54) is 13.1 Å². The van der Waals surface area contributed by atoms with Crippen LogP contribution >= 0.6 is 0 Å². The molecule has 0 aromatic heterocycles. The van der Waals surface area contributed by atoms with Gasteiger partial charge in [0, 0.05) is 6.21 Å². The molecule has 1 aromatic carbocycles. The number of carbonyl (C=O) groups is 1. The second-order valence-electron chi connectivity index (χ2n) is 3.05. The van der Waals surface area contributed by atoms with Crippen molar-refractivity contribution in [3.8, 4) is 5.75 Å². The monoisotopic (exact) mass is 229 g/mol. The number of benzene rings is 1. The second kappa shape index (κ2) is 7.44. The second-order valence-corrected chi connectivity index (χ2v) is 3.05. The first-order valence-electron chi connectivity index (χ1n) is 4.51. The molecule has 0 unspecified atom stereocenters. The Morgan fingerprint density at radius 2 is 2.00 bits per heavy atom. The minimum atomic E-state index is -1.18. The number of rotatable bonds is 4. The molecular formula is C11H12NNaO3. The van der Waals surface area contributed by atoms with Crippen molar-refractivity contribution in [1.29, 1.82) is 0 Å². The van der Waals surface area contributed by atoms with E-state index in [-0.39, 0.29) is 29.6 Å². The molecule has 0 saturated heterocycles. The molecule has 0 saturated carbocycles. The summed E-state index contributed by atoms with van der Waals surface area (Å²) < 4.78 is 4.98. The Labute approximate surface area is 117 Å². The Balaban J connectivity index is 0.00000225. The summed E-state index contributed by atoms with van der Waals surface area (Å²) in [5.41, 5.74) is 0.823. The van der Waals surface area contributed by atoms with Gasteiger partial charge in [-0.3, -0.25) is 4.99 Å². The summed E-state index contributed by atoms with van der Waals surface area (Å²) in [4.78, 5) is 14.2. The van der Waals surface area contributed by atoms with Gasteiger partial charge in [-0.05, 0) is 36.8 Å². The van der Waals surface area contributed by atoms with E-state index in [4.69, 9.17) is 4.74 Å². The summed E-state index contributed by atoms with van der Waals surface area (Å²) in [5, 5.41) is 10.4. The number of nitrogens with zero attached hydrogens (tertiary/aromatic N) is 1. The van der Waals surface area contributed by atoms with Gasteiger partial charge in [-0.2, -0.15) is 0 Å². The standard InChI is InChI=1S/C11H13NO3.Na/c1-8(11(13)14)12-7-9-3-5-10(15-2)6-4-9;/h3-8H,1-2H3,(H,13,14);/q;+1/p-1/t8-;/m0./s1. The maximum absolute atomic E-state index is 10.4. The zero-order valence-corrected chi connectivity index (χ0v) is 11.6. The van der Waals surface area contributed by atoms with E-state index in [9.17, 15) is 9.90 Å². The summed E-state index contributed by atoms with van der Waals surface area (Å²) in [6.07, 6.45) is 1.50. The number of carboxylic acid groups (broad SMARTS) is 1. The van der Waals surface area contributed by atoms with Crippen molar-refractivity contribution in [1.82, 2.24) is 0 Å². The predicted molar refractivity (Wildman–Crippen MR) is 55.1 cm³/mol. The number of aliphatic imine (C=N–C) groups is 1. The molecule has 0 aliphatic heterocycles. The van der Waals surface area contributed by atoms with Gasteiger partial charge in [-0.15, -0.1) is 0 Å². The molecule has 0 amide bonds. The molecule has 0 aliphatic carbocycles. The van der Waals surface area contributed by atoms with E-state index >= 15 is 0 Å². The van der Waals surface area contributed by atoms with Gasteiger partial charge in [-0.1, -0.05) is 0 Å². The molecule has 0 spiro atoms. The molecule has 0 N–H and O–H groups in total. The summed E-state index contributed by atoms with van der Waals surface area (Å²) in [5.74, 6) is -0.431. The molecule has 0 bridgehead atoms. The fourth-order valence-electron chi connectivity index (χ4n) is 0.949. The Kier molecular flexibility index (Phi) is 7.05. The van der Waals surface area contributed by atoms with Crippen LogP contribution in [0.3, 0.4) is 0 Å². The quantitative estimate of drug-likeness (QED) is 0.415. The maximum atomic E-state index is 10.4. The number of ether oxygens (including phenoxy) is 1. The fraction of sp³-hybridized carbons (Fsp3) is 0.273. The van der Waals surface area contributed by atoms with Crippen LogP contribution < -0.4 is 39.4 Å². The van der Waals surface area contributed by atoms with Crippen molar-refractivity contribution in [2.45, 2.75) is 13.0 Å². The Morgan fingerprint density at radius 1 is 1.44 bits per heavy atom. The van der Waals surface area contributed by atoms with Crippen molar-refractivity contribution in [2.75, 3.05) is 7.11 Å². The molecule has 80 valence electrons. The minimum absolute atomic E-state index is 0. The van der Waals surface area contributed by atoms with Gasteiger partial charge in [-0.25, -0.2) is 0 Å². The first-order valence-corrected chi connectivity index (χ1v) is 4.51. The van der Waals surface area contributed by atoms with E-state index in [1.807, 2.05) is 0 Å². The molecule has 0 aliphatic rings. The Hall–Kier alpha value is -0.840. The summed E-state index contributed by atoms with van der Waals surface area (Å²) in [6, 6.07) is 6.33. The van der Waals surface area contributed by atoms with Gasteiger partial charge >= 0.3 is 29.6 Å². The first kappa shape index (κ1) is 15.2. The van der Waals surface area contributed by atoms with Crippen molar-refractivity contribution >= 4 is 12.2 Å². The summed E-state index contributed by atoms with van der Waals surface area (Å²) in [7, 11) is 1.58. The van der Waals surface area contributed by atoms with E-state index in [0.717, 1.165) is 11.3 Å². The van der Waals surface area contributed by atoms with Gasteiger partial charge in [0.25, 0.3) is 0 Å². The molecule has 16 heavy (non-hydrogen) atoms. The zero-order valence-electron chi connectivity index (χ0n) is 9.64. The largest absolute Gasteiger partial charge is 1.00 e. The smallest absolute Gasteiger partial charge is 0.548 e. The third-order valence-corrected chi connectivity index (χ3v) is 1.90. The third kappa shape index (κ3) is 4.79. The molecule has 1 rings (SSSR count). The first-order chi connectivity index (χ1) is 7.13. The van der Waals surface area contributed by atoms with Crippen LogP contribution in [-0.2, 0) is 4.79 Å². The number of hydrogen-bond donors (Lipinski definition) is 0. The van der Waals surface area contributed by atoms with Gasteiger partial charge < -0.3 is 14.6 Å². The van der Waals surface area contributed by atoms with E-state index in [2.05, 4.69) is 4.99 Å². The van der Waals surface area contributed by atoms with Gasteiger partial charge in [0.1, 0.15) is 5.75 Å². The van der Waals surface area contributed by atoms with Crippen LogP contribution in [0.4, 0.5) is 0 Å². The number of hydrogen-bond acceptors (Lipinski definition) is 4. The van der Waals surface area contributed by atoms with Crippen LogP contribution in [-0.4, -0.2) is 25.3 Å². The molecular weight excluding hydrogens is 217 g/mol. The number of methoxy groups -OCH3 is 1. The zero-order chi connectivity index (χ0) is 11.3. The molecule has 0 heterocycles. The van der Waals surface area contributed by atoms with Crippen LogP contribution in [0.2, 0.25) is 0 Å². The summed E-state index contributed by atoms with van der Waals surface area (Å²) in [6.45, 7) is 1.47. The number of carbonyl (C=O) groups excluding carboxylic acids is 1. The SMILES string of the molecule is COc1ccc(C=N[C@@H](C)C(=O)[O-])cc1.[Na+]. The van der Waals surface area contributed by atoms with Crippen LogP contribution in [0.15, 0.2) is 29.3 Å². The van der Waals surface area contributed by atoms with E-state index < -0.39 is 12.0 Å². The van der Waals surface area contributed by atoms with Gasteiger partial charge in [0.15, 0.2) is 0 Å². The topological polar surface area (TPSA) is 61.7 Å². The predicted octanol–water partition coefficient (Wildman–Crippen LogP) is -2.74. The molecule has 1 aromatic rings. The van der Waals surface area contributed by atoms with Gasteiger partial charge in [0.2, 0.25) is 0 Å². The summed E-state index contributed by atoms with van der Waals surface area (Å²) >= 11 is 0. The molecule has 4 nitrogen and oxygen atoms in total. The average molecular weight is 229 g/mol. The third-order valence-electron chi connectivity index (χ3n) is 1.90. The molecule has 0 radical (unpaired) electrons. The fourth-order valence-corrected chi connectivity index (χ4v) is 0.949. The van der Waals surface area contributed by atoms with Gasteiger partial charge in [0.05, 0.1) is 19.1 Å². The number of carboxylic acids is 1. The maximum Gasteiger partial charge on any atom is 1.00 e. The van der Waals surface area contributed by atoms with Crippen molar-refractivity contribution in [2.24, 2.45) is 4.99 Å². The molecule has 5 heteroatoms.